The minimum atomic E-state index is -4.45. The number of hydrogen-bond acceptors (Lipinski definition) is 9. The predicted molar refractivity (Wildman–Crippen MR) is 119 cm³/mol. The summed E-state index contributed by atoms with van der Waals surface area (Å²) in [7, 11) is -4.45. The quantitative estimate of drug-likeness (QED) is 0.400. The summed E-state index contributed by atoms with van der Waals surface area (Å²) in [5.74, 6) is -0.107. The fraction of sp³-hybridized carbons (Fsp3) is 0.450. The van der Waals surface area contributed by atoms with Crippen molar-refractivity contribution in [3.63, 3.8) is 0 Å². The lowest BCUT2D eigenvalue weighted by atomic mass is 9.92. The second-order valence-electron chi connectivity index (χ2n) is 7.96. The van der Waals surface area contributed by atoms with Crippen molar-refractivity contribution >= 4 is 33.1 Å². The van der Waals surface area contributed by atoms with Gasteiger partial charge >= 0.3 is 6.03 Å². The second-order valence-corrected chi connectivity index (χ2v) is 10.8. The lowest BCUT2D eigenvalue weighted by molar-refractivity contribution is 0.0779. The standard InChI is InChI=1S/C20H26N4O6S2/c1-10(2)13-7-6-12(8-21)15(11(3)26)16(13)23-19(27)24-32(29,30)17-14(9-25)22-18(31-17)20(4,5)28/h6-7,10-11,25-26,28H,9H2,1-5H3,(H2,23,24,27). The van der Waals surface area contributed by atoms with Gasteiger partial charge < -0.3 is 20.6 Å². The lowest BCUT2D eigenvalue weighted by Gasteiger charge is -2.21. The van der Waals surface area contributed by atoms with Crippen molar-refractivity contribution in [2.45, 2.75) is 63.1 Å². The Bertz CT molecular complexity index is 1160. The summed E-state index contributed by atoms with van der Waals surface area (Å²) in [5, 5.41) is 41.7. The number of benzene rings is 1. The Morgan fingerprint density at radius 2 is 1.94 bits per heavy atom. The van der Waals surface area contributed by atoms with Crippen molar-refractivity contribution in [1.29, 1.82) is 5.26 Å². The highest BCUT2D eigenvalue weighted by Gasteiger charge is 2.31. The van der Waals surface area contributed by atoms with Gasteiger partial charge in [0.05, 0.1) is 35.7 Å². The molecule has 0 spiro atoms. The topological polar surface area (TPSA) is 173 Å². The molecule has 2 aromatic rings. The van der Waals surface area contributed by atoms with Gasteiger partial charge in [0.15, 0.2) is 4.21 Å². The summed E-state index contributed by atoms with van der Waals surface area (Å²) in [4.78, 5) is 16.6. The Hall–Kier alpha value is -2.56. The SMILES string of the molecule is CC(C)c1ccc(C#N)c(C(C)O)c1NC(=O)NS(=O)(=O)c1sc(C(C)(C)O)nc1CO. The number of aliphatic hydroxyl groups excluding tert-OH is 2. The van der Waals surface area contributed by atoms with Crippen LogP contribution in [0, 0.1) is 11.3 Å². The molecule has 0 saturated heterocycles. The molecule has 1 aromatic heterocycles. The first-order chi connectivity index (χ1) is 14.7. The number of nitrogens with zero attached hydrogens (tertiary/aromatic N) is 2. The number of aliphatic hydroxyl groups is 3. The summed E-state index contributed by atoms with van der Waals surface area (Å²) in [6.45, 7) is 7.24. The number of aromatic nitrogens is 1. The third-order valence-electron chi connectivity index (χ3n) is 4.48. The summed E-state index contributed by atoms with van der Waals surface area (Å²) < 4.78 is 27.1. The van der Waals surface area contributed by atoms with E-state index in [0.29, 0.717) is 16.9 Å². The summed E-state index contributed by atoms with van der Waals surface area (Å²) in [6.07, 6.45) is -1.10. The monoisotopic (exact) mass is 482 g/mol. The molecule has 0 bridgehead atoms. The van der Waals surface area contributed by atoms with Crippen LogP contribution in [0.1, 0.15) is 74.0 Å². The third kappa shape index (κ3) is 5.43. The van der Waals surface area contributed by atoms with Crippen LogP contribution in [0.2, 0.25) is 0 Å². The van der Waals surface area contributed by atoms with Crippen molar-refractivity contribution in [3.05, 3.63) is 39.5 Å². The number of urea groups is 1. The second kappa shape index (κ2) is 9.51. The third-order valence-corrected chi connectivity index (χ3v) is 7.77. The molecule has 0 saturated carbocycles. The van der Waals surface area contributed by atoms with Gasteiger partial charge in [0, 0.05) is 5.56 Å². The number of nitriles is 1. The molecular formula is C20H26N4O6S2. The average molecular weight is 483 g/mol. The Balaban J connectivity index is 2.46. The van der Waals surface area contributed by atoms with Gasteiger partial charge in [-0.1, -0.05) is 19.9 Å². The van der Waals surface area contributed by atoms with E-state index in [0.717, 1.165) is 0 Å². The maximum Gasteiger partial charge on any atom is 0.333 e. The summed E-state index contributed by atoms with van der Waals surface area (Å²) >= 11 is 0.634. The first-order valence-electron chi connectivity index (χ1n) is 9.65. The van der Waals surface area contributed by atoms with Crippen LogP contribution in [0.5, 0.6) is 0 Å². The molecule has 0 aliphatic rings. The number of rotatable bonds is 7. The first kappa shape index (κ1) is 25.7. The number of nitrogens with one attached hydrogen (secondary N) is 2. The van der Waals surface area contributed by atoms with E-state index in [1.807, 2.05) is 24.6 Å². The summed E-state index contributed by atoms with van der Waals surface area (Å²) in [6, 6.07) is 3.99. The molecule has 1 heterocycles. The molecule has 0 aliphatic carbocycles. The van der Waals surface area contributed by atoms with Crippen molar-refractivity contribution in [3.8, 4) is 6.07 Å². The van der Waals surface area contributed by atoms with E-state index >= 15 is 0 Å². The number of carbonyl (C=O) groups excluding carboxylic acids is 1. The fourth-order valence-electron chi connectivity index (χ4n) is 3.01. The largest absolute Gasteiger partial charge is 0.390 e. The van der Waals surface area contributed by atoms with Crippen LogP contribution in [0.4, 0.5) is 10.5 Å². The molecular weight excluding hydrogens is 456 g/mol. The zero-order valence-electron chi connectivity index (χ0n) is 18.3. The molecule has 2 amide bonds. The number of carbonyl (C=O) groups is 1. The lowest BCUT2D eigenvalue weighted by Crippen LogP contribution is -2.35. The highest BCUT2D eigenvalue weighted by Crippen LogP contribution is 2.35. The molecule has 1 atom stereocenters. The molecule has 32 heavy (non-hydrogen) atoms. The fourth-order valence-corrected chi connectivity index (χ4v) is 5.42. The zero-order chi connectivity index (χ0) is 24.4. The molecule has 0 radical (unpaired) electrons. The van der Waals surface area contributed by atoms with E-state index in [-0.39, 0.29) is 33.4 Å². The molecule has 12 heteroatoms. The number of thiazole rings is 1. The number of hydrogen-bond donors (Lipinski definition) is 5. The molecule has 5 N–H and O–H groups in total. The van der Waals surface area contributed by atoms with Crippen molar-refractivity contribution < 1.29 is 28.5 Å². The van der Waals surface area contributed by atoms with Crippen LogP contribution in [0.15, 0.2) is 16.3 Å². The normalized spacial score (nSPS) is 13.0. The van der Waals surface area contributed by atoms with E-state index < -0.39 is 38.6 Å². The highest BCUT2D eigenvalue weighted by atomic mass is 32.2. The Morgan fingerprint density at radius 1 is 1.31 bits per heavy atom. The van der Waals surface area contributed by atoms with Gasteiger partial charge in [-0.05, 0) is 38.3 Å². The molecule has 1 unspecified atom stereocenters. The van der Waals surface area contributed by atoms with Crippen molar-refractivity contribution in [1.82, 2.24) is 9.71 Å². The van der Waals surface area contributed by atoms with Crippen LogP contribution in [0.25, 0.3) is 0 Å². The van der Waals surface area contributed by atoms with Crippen LogP contribution in [0.3, 0.4) is 0 Å². The first-order valence-corrected chi connectivity index (χ1v) is 11.9. The van der Waals surface area contributed by atoms with E-state index in [2.05, 4.69) is 10.3 Å². The van der Waals surface area contributed by atoms with Gasteiger partial charge in [0.2, 0.25) is 0 Å². The maximum absolute atomic E-state index is 12.8. The molecule has 174 valence electrons. The zero-order valence-corrected chi connectivity index (χ0v) is 19.9. The van der Waals surface area contributed by atoms with Crippen LogP contribution in [-0.2, 0) is 22.2 Å². The van der Waals surface area contributed by atoms with E-state index in [9.17, 15) is 33.8 Å². The van der Waals surface area contributed by atoms with Gasteiger partial charge in [0.1, 0.15) is 10.6 Å². The Kier molecular flexibility index (Phi) is 7.64. The number of sulfonamides is 1. The number of amides is 2. The maximum atomic E-state index is 12.8. The van der Waals surface area contributed by atoms with Crippen LogP contribution >= 0.6 is 11.3 Å². The van der Waals surface area contributed by atoms with E-state index in [4.69, 9.17) is 0 Å². The molecule has 0 aliphatic heterocycles. The predicted octanol–water partition coefficient (Wildman–Crippen LogP) is 2.42. The molecule has 2 rings (SSSR count). The van der Waals surface area contributed by atoms with Gasteiger partial charge in [-0.3, -0.25) is 0 Å². The molecule has 1 aromatic carbocycles. The Labute approximate surface area is 190 Å². The van der Waals surface area contributed by atoms with Gasteiger partial charge in [0.25, 0.3) is 10.0 Å². The minimum Gasteiger partial charge on any atom is -0.390 e. The van der Waals surface area contributed by atoms with Gasteiger partial charge in [-0.25, -0.2) is 22.9 Å². The molecule has 0 fully saturated rings. The van der Waals surface area contributed by atoms with Gasteiger partial charge in [-0.15, -0.1) is 11.3 Å². The van der Waals surface area contributed by atoms with Crippen LogP contribution < -0.4 is 10.0 Å². The summed E-state index contributed by atoms with van der Waals surface area (Å²) in [5.41, 5.74) is -0.588. The van der Waals surface area contributed by atoms with E-state index in [1.54, 1.807) is 6.07 Å². The highest BCUT2D eigenvalue weighted by molar-refractivity contribution is 7.92. The Morgan fingerprint density at radius 3 is 2.41 bits per heavy atom. The van der Waals surface area contributed by atoms with E-state index in [1.165, 1.54) is 26.8 Å². The minimum absolute atomic E-state index is 0.0579. The molecule has 10 nitrogen and oxygen atoms in total. The van der Waals surface area contributed by atoms with Crippen LogP contribution in [-0.4, -0.2) is 34.8 Å². The van der Waals surface area contributed by atoms with Crippen molar-refractivity contribution in [2.75, 3.05) is 5.32 Å². The smallest absolute Gasteiger partial charge is 0.333 e. The average Bonchev–Trinajstić information content (AvgIpc) is 3.12. The van der Waals surface area contributed by atoms with Crippen molar-refractivity contribution in [2.24, 2.45) is 0 Å². The van der Waals surface area contributed by atoms with Gasteiger partial charge in [-0.2, -0.15) is 5.26 Å². The number of anilines is 1.